The highest BCUT2D eigenvalue weighted by atomic mass is 32.2. The quantitative estimate of drug-likeness (QED) is 0.594. The van der Waals surface area contributed by atoms with E-state index in [4.69, 9.17) is 0 Å². The predicted octanol–water partition coefficient (Wildman–Crippen LogP) is 4.94. The molecule has 0 unspecified atom stereocenters. The average Bonchev–Trinajstić information content (AvgIpc) is 2.78. The van der Waals surface area contributed by atoms with Gasteiger partial charge in [0.05, 0.1) is 0 Å². The first kappa shape index (κ1) is 12.6. The van der Waals surface area contributed by atoms with Crippen LogP contribution in [0.3, 0.4) is 0 Å². The van der Waals surface area contributed by atoms with Gasteiger partial charge in [-0.15, -0.1) is 0 Å². The van der Waals surface area contributed by atoms with Gasteiger partial charge in [0.25, 0.3) is 0 Å². The normalized spacial score (nSPS) is 11.4. The Labute approximate surface area is 118 Å². The number of rotatable bonds is 5. The van der Waals surface area contributed by atoms with Crippen LogP contribution in [0.1, 0.15) is 13.3 Å². The summed E-state index contributed by atoms with van der Waals surface area (Å²) in [5.74, 6) is 2.46. The molecule has 0 saturated heterocycles. The van der Waals surface area contributed by atoms with E-state index in [1.165, 1.54) is 39.7 Å². The van der Waals surface area contributed by atoms with Gasteiger partial charge in [0.1, 0.15) is 0 Å². The standard InChI is InChI=1S/C17H19NS/c1-2-19-13-7-12-18-16-10-5-3-8-14(16)15-9-4-6-11-17(15)18/h3-6,8-11H,2,7,12-13H2,1H3. The number of benzene rings is 2. The second-order valence-electron chi connectivity index (χ2n) is 4.74. The van der Waals surface area contributed by atoms with Gasteiger partial charge in [-0.25, -0.2) is 0 Å². The number of fused-ring (bicyclic) bond motifs is 3. The molecule has 0 bridgehead atoms. The Morgan fingerprint density at radius 1 is 0.895 bits per heavy atom. The number of aryl methyl sites for hydroxylation is 1. The van der Waals surface area contributed by atoms with Gasteiger partial charge in [0, 0.05) is 28.4 Å². The van der Waals surface area contributed by atoms with Crippen LogP contribution in [0.25, 0.3) is 21.8 Å². The third-order valence-electron chi connectivity index (χ3n) is 3.55. The second-order valence-corrected chi connectivity index (χ2v) is 6.13. The largest absolute Gasteiger partial charge is 0.340 e. The Morgan fingerprint density at radius 3 is 2.05 bits per heavy atom. The van der Waals surface area contributed by atoms with Crippen molar-refractivity contribution in [2.45, 2.75) is 19.9 Å². The van der Waals surface area contributed by atoms with E-state index in [2.05, 4.69) is 60.0 Å². The van der Waals surface area contributed by atoms with Gasteiger partial charge in [0.15, 0.2) is 0 Å². The Kier molecular flexibility index (Phi) is 3.79. The van der Waals surface area contributed by atoms with Gasteiger partial charge < -0.3 is 4.57 Å². The average molecular weight is 269 g/mol. The molecule has 0 saturated carbocycles. The minimum absolute atomic E-state index is 1.11. The molecule has 0 fully saturated rings. The van der Waals surface area contributed by atoms with Crippen LogP contribution in [0, 0.1) is 0 Å². The van der Waals surface area contributed by atoms with Crippen LogP contribution >= 0.6 is 11.8 Å². The highest BCUT2D eigenvalue weighted by Gasteiger charge is 2.08. The monoisotopic (exact) mass is 269 g/mol. The SMILES string of the molecule is CCSCCCn1c2ccccc2c2ccccc21. The van der Waals surface area contributed by atoms with Crippen LogP contribution in [0.4, 0.5) is 0 Å². The van der Waals surface area contributed by atoms with Crippen LogP contribution in [0.2, 0.25) is 0 Å². The number of hydrogen-bond acceptors (Lipinski definition) is 1. The molecule has 2 aromatic carbocycles. The van der Waals surface area contributed by atoms with E-state index < -0.39 is 0 Å². The first-order valence-corrected chi connectivity index (χ1v) is 8.11. The topological polar surface area (TPSA) is 4.93 Å². The van der Waals surface area contributed by atoms with Gasteiger partial charge in [-0.2, -0.15) is 11.8 Å². The van der Waals surface area contributed by atoms with Crippen molar-refractivity contribution < 1.29 is 0 Å². The minimum Gasteiger partial charge on any atom is -0.340 e. The maximum atomic E-state index is 2.47. The summed E-state index contributed by atoms with van der Waals surface area (Å²) in [7, 11) is 0. The summed E-state index contributed by atoms with van der Waals surface area (Å²) < 4.78 is 2.47. The van der Waals surface area contributed by atoms with Crippen molar-refractivity contribution in [3.05, 3.63) is 48.5 Å². The Morgan fingerprint density at radius 2 is 1.47 bits per heavy atom. The summed E-state index contributed by atoms with van der Waals surface area (Å²) in [6.45, 7) is 3.34. The van der Waals surface area contributed by atoms with E-state index in [9.17, 15) is 0 Å². The second kappa shape index (κ2) is 5.70. The summed E-state index contributed by atoms with van der Waals surface area (Å²) >= 11 is 2.03. The minimum atomic E-state index is 1.11. The molecule has 1 nitrogen and oxygen atoms in total. The molecule has 0 atom stereocenters. The highest BCUT2D eigenvalue weighted by Crippen LogP contribution is 2.28. The molecule has 0 spiro atoms. The molecule has 0 radical (unpaired) electrons. The van der Waals surface area contributed by atoms with Crippen molar-refractivity contribution in [3.63, 3.8) is 0 Å². The first-order chi connectivity index (χ1) is 9.42. The molecule has 0 N–H and O–H groups in total. The Bertz CT molecular complexity index is 631. The first-order valence-electron chi connectivity index (χ1n) is 6.95. The van der Waals surface area contributed by atoms with Crippen LogP contribution in [0.15, 0.2) is 48.5 Å². The molecule has 1 aromatic heterocycles. The fourth-order valence-electron chi connectivity index (χ4n) is 2.71. The molecule has 3 rings (SSSR count). The third kappa shape index (κ3) is 2.37. The van der Waals surface area contributed by atoms with E-state index in [0.717, 1.165) is 6.54 Å². The molecule has 0 aliphatic rings. The lowest BCUT2D eigenvalue weighted by Crippen LogP contribution is -1.98. The van der Waals surface area contributed by atoms with Crippen molar-refractivity contribution in [2.24, 2.45) is 0 Å². The van der Waals surface area contributed by atoms with Gasteiger partial charge in [-0.3, -0.25) is 0 Å². The highest BCUT2D eigenvalue weighted by molar-refractivity contribution is 7.99. The zero-order valence-electron chi connectivity index (χ0n) is 11.3. The Hall–Kier alpha value is -1.41. The van der Waals surface area contributed by atoms with Crippen LogP contribution in [-0.2, 0) is 6.54 Å². The van der Waals surface area contributed by atoms with Crippen LogP contribution in [-0.4, -0.2) is 16.1 Å². The number of hydrogen-bond donors (Lipinski definition) is 0. The molecule has 0 aliphatic carbocycles. The van der Waals surface area contributed by atoms with E-state index in [1.54, 1.807) is 0 Å². The van der Waals surface area contributed by atoms with Crippen LogP contribution in [0.5, 0.6) is 0 Å². The van der Waals surface area contributed by atoms with E-state index in [0.29, 0.717) is 0 Å². The van der Waals surface area contributed by atoms with E-state index >= 15 is 0 Å². The molecule has 3 aromatic rings. The van der Waals surface area contributed by atoms with Crippen molar-refractivity contribution in [3.8, 4) is 0 Å². The fraction of sp³-hybridized carbons (Fsp3) is 0.294. The zero-order chi connectivity index (χ0) is 13.1. The molecule has 98 valence electrons. The molecule has 1 heterocycles. The number of aromatic nitrogens is 1. The number of para-hydroxylation sites is 2. The summed E-state index contributed by atoms with van der Waals surface area (Å²) in [6, 6.07) is 17.5. The van der Waals surface area contributed by atoms with E-state index in [-0.39, 0.29) is 0 Å². The molecular formula is C17H19NS. The lowest BCUT2D eigenvalue weighted by Gasteiger charge is -2.06. The summed E-state index contributed by atoms with van der Waals surface area (Å²) in [5.41, 5.74) is 2.73. The van der Waals surface area contributed by atoms with Crippen molar-refractivity contribution in [2.75, 3.05) is 11.5 Å². The molecule has 19 heavy (non-hydrogen) atoms. The third-order valence-corrected chi connectivity index (χ3v) is 4.54. The van der Waals surface area contributed by atoms with Gasteiger partial charge in [0.2, 0.25) is 0 Å². The summed E-state index contributed by atoms with van der Waals surface area (Å²) in [4.78, 5) is 0. The lowest BCUT2D eigenvalue weighted by molar-refractivity contribution is 0.730. The zero-order valence-corrected chi connectivity index (χ0v) is 12.1. The van der Waals surface area contributed by atoms with Gasteiger partial charge in [-0.1, -0.05) is 43.3 Å². The lowest BCUT2D eigenvalue weighted by atomic mass is 10.2. The molecule has 2 heteroatoms. The van der Waals surface area contributed by atoms with Crippen LogP contribution < -0.4 is 0 Å². The van der Waals surface area contributed by atoms with Gasteiger partial charge >= 0.3 is 0 Å². The molecule has 0 aliphatic heterocycles. The van der Waals surface area contributed by atoms with Crippen molar-refractivity contribution in [1.29, 1.82) is 0 Å². The molecule has 0 amide bonds. The maximum Gasteiger partial charge on any atom is 0.0491 e. The fourth-order valence-corrected chi connectivity index (χ4v) is 3.34. The Balaban J connectivity index is 2.04. The maximum absolute atomic E-state index is 2.47. The number of thioether (sulfide) groups is 1. The van der Waals surface area contributed by atoms with Gasteiger partial charge in [-0.05, 0) is 30.1 Å². The smallest absolute Gasteiger partial charge is 0.0491 e. The molecular weight excluding hydrogens is 250 g/mol. The van der Waals surface area contributed by atoms with E-state index in [1.807, 2.05) is 11.8 Å². The number of nitrogens with zero attached hydrogens (tertiary/aromatic N) is 1. The summed E-state index contributed by atoms with van der Waals surface area (Å²) in [6.07, 6.45) is 1.24. The summed E-state index contributed by atoms with van der Waals surface area (Å²) in [5, 5.41) is 2.75. The predicted molar refractivity (Wildman–Crippen MR) is 87.1 cm³/mol. The van der Waals surface area contributed by atoms with Crippen molar-refractivity contribution in [1.82, 2.24) is 4.57 Å². The van der Waals surface area contributed by atoms with Crippen molar-refractivity contribution >= 4 is 33.6 Å².